The summed E-state index contributed by atoms with van der Waals surface area (Å²) >= 11 is 7.79. The summed E-state index contributed by atoms with van der Waals surface area (Å²) in [7, 11) is 4.63. The van der Waals surface area contributed by atoms with Crippen LogP contribution in [0.5, 0.6) is 17.2 Å². The molecule has 1 fully saturated rings. The van der Waals surface area contributed by atoms with Crippen molar-refractivity contribution < 1.29 is 19.0 Å². The second-order valence-corrected chi connectivity index (χ2v) is 9.05. The highest BCUT2D eigenvalue weighted by Gasteiger charge is 2.39. The van der Waals surface area contributed by atoms with Gasteiger partial charge in [0.25, 0.3) is 0 Å². The maximum atomic E-state index is 13.3. The number of carbonyl (C=O) groups is 1. The van der Waals surface area contributed by atoms with Gasteiger partial charge in [-0.25, -0.2) is 0 Å². The average Bonchev–Trinajstić information content (AvgIpc) is 2.84. The molecule has 1 amide bonds. The minimum Gasteiger partial charge on any atom is -0.493 e. The minimum atomic E-state index is -0.394. The summed E-state index contributed by atoms with van der Waals surface area (Å²) in [6, 6.07) is 11.7. The lowest BCUT2D eigenvalue weighted by Crippen LogP contribution is -2.47. The molecule has 9 heteroatoms. The molecule has 0 bridgehead atoms. The van der Waals surface area contributed by atoms with E-state index in [-0.39, 0.29) is 12.3 Å². The van der Waals surface area contributed by atoms with Crippen molar-refractivity contribution in [2.24, 2.45) is 0 Å². The number of anilines is 1. The number of carbonyl (C=O) groups excluding carboxylic acids is 1. The first-order chi connectivity index (χ1) is 15.9. The third kappa shape index (κ3) is 4.07. The van der Waals surface area contributed by atoms with Crippen LogP contribution in [0.15, 0.2) is 40.9 Å². The Morgan fingerprint density at radius 1 is 1.15 bits per heavy atom. The molecular formula is C24H24ClN3O4S. The van der Waals surface area contributed by atoms with E-state index in [2.05, 4.69) is 11.0 Å². The van der Waals surface area contributed by atoms with Gasteiger partial charge in [0, 0.05) is 23.0 Å². The van der Waals surface area contributed by atoms with Crippen molar-refractivity contribution in [3.63, 3.8) is 0 Å². The fraction of sp³-hybridized carbons (Fsp3) is 0.333. The monoisotopic (exact) mass is 485 g/mol. The van der Waals surface area contributed by atoms with Crippen molar-refractivity contribution in [2.45, 2.75) is 19.3 Å². The molecule has 2 heterocycles. The van der Waals surface area contributed by atoms with E-state index in [1.54, 1.807) is 19.1 Å². The molecule has 2 aromatic carbocycles. The van der Waals surface area contributed by atoms with E-state index in [1.807, 2.05) is 37.3 Å². The SMILES string of the molecule is COc1cc([C@@H]2CC(=O)N3CN(c4cccc(Cl)c4C)CSC3=C2C#N)cc(OC)c1OC. The van der Waals surface area contributed by atoms with Crippen molar-refractivity contribution in [3.05, 3.63) is 57.1 Å². The second kappa shape index (κ2) is 9.46. The number of hydrogen-bond donors (Lipinski definition) is 0. The van der Waals surface area contributed by atoms with E-state index in [0.29, 0.717) is 45.4 Å². The van der Waals surface area contributed by atoms with Gasteiger partial charge in [-0.05, 0) is 42.3 Å². The summed E-state index contributed by atoms with van der Waals surface area (Å²) < 4.78 is 16.4. The van der Waals surface area contributed by atoms with Crippen molar-refractivity contribution in [1.29, 1.82) is 5.26 Å². The molecule has 33 heavy (non-hydrogen) atoms. The molecule has 7 nitrogen and oxygen atoms in total. The molecule has 0 unspecified atom stereocenters. The molecule has 0 spiro atoms. The van der Waals surface area contributed by atoms with E-state index >= 15 is 0 Å². The largest absolute Gasteiger partial charge is 0.493 e. The molecular weight excluding hydrogens is 462 g/mol. The number of ether oxygens (including phenoxy) is 3. The third-order valence-electron chi connectivity index (χ3n) is 5.96. The number of benzene rings is 2. The fourth-order valence-electron chi connectivity index (χ4n) is 4.24. The van der Waals surface area contributed by atoms with E-state index in [0.717, 1.165) is 16.8 Å². The zero-order valence-electron chi connectivity index (χ0n) is 18.8. The van der Waals surface area contributed by atoms with Gasteiger partial charge >= 0.3 is 0 Å². The lowest BCUT2D eigenvalue weighted by atomic mass is 9.86. The molecule has 0 aromatic heterocycles. The Bertz CT molecular complexity index is 1150. The standard InChI is InChI=1S/C24H24ClN3O4S/c1-14-18(25)6-5-7-19(14)27-12-28-22(29)10-16(17(11-26)24(28)33-13-27)15-8-20(30-2)23(32-4)21(9-15)31-3/h5-9,16H,10,12-13H2,1-4H3/t16-/m0/s1. The number of methoxy groups -OCH3 is 3. The molecule has 4 rings (SSSR count). The average molecular weight is 486 g/mol. The molecule has 2 aliphatic rings. The van der Waals surface area contributed by atoms with E-state index < -0.39 is 5.92 Å². The van der Waals surface area contributed by atoms with Gasteiger partial charge in [-0.15, -0.1) is 0 Å². The van der Waals surface area contributed by atoms with Gasteiger partial charge in [-0.2, -0.15) is 5.26 Å². The Hall–Kier alpha value is -3.02. The van der Waals surface area contributed by atoms with Gasteiger partial charge in [-0.1, -0.05) is 29.4 Å². The molecule has 0 saturated carbocycles. The zero-order valence-corrected chi connectivity index (χ0v) is 20.4. The highest BCUT2D eigenvalue weighted by atomic mass is 35.5. The number of rotatable bonds is 5. The highest BCUT2D eigenvalue weighted by molar-refractivity contribution is 8.03. The molecule has 2 aliphatic heterocycles. The molecule has 1 atom stereocenters. The second-order valence-electron chi connectivity index (χ2n) is 7.71. The Labute approximate surface area is 202 Å². The summed E-state index contributed by atoms with van der Waals surface area (Å²) in [5, 5.41) is 11.5. The maximum absolute atomic E-state index is 13.3. The van der Waals surface area contributed by atoms with E-state index in [4.69, 9.17) is 25.8 Å². The van der Waals surface area contributed by atoms with Crippen LogP contribution in [0.25, 0.3) is 0 Å². The van der Waals surface area contributed by atoms with E-state index in [9.17, 15) is 10.1 Å². The van der Waals surface area contributed by atoms with Gasteiger partial charge in [0.1, 0.15) is 0 Å². The number of fused-ring (bicyclic) bond motifs is 1. The maximum Gasteiger partial charge on any atom is 0.229 e. The first-order valence-corrected chi connectivity index (χ1v) is 11.7. The Kier molecular flexibility index (Phi) is 6.63. The van der Waals surface area contributed by atoms with Gasteiger partial charge in [-0.3, -0.25) is 9.69 Å². The summed E-state index contributed by atoms with van der Waals surface area (Å²) in [5.74, 6) is 1.62. The van der Waals surface area contributed by atoms with Crippen LogP contribution in [0.3, 0.4) is 0 Å². The molecule has 1 saturated heterocycles. The zero-order chi connectivity index (χ0) is 23.7. The van der Waals surface area contributed by atoms with Crippen LogP contribution >= 0.6 is 23.4 Å². The Balaban J connectivity index is 1.72. The smallest absolute Gasteiger partial charge is 0.229 e. The van der Waals surface area contributed by atoms with Gasteiger partial charge in [0.05, 0.1) is 50.5 Å². The van der Waals surface area contributed by atoms with Gasteiger partial charge in [0.2, 0.25) is 11.7 Å². The quantitative estimate of drug-likeness (QED) is 0.596. The summed E-state index contributed by atoms with van der Waals surface area (Å²) in [6.07, 6.45) is 0.175. The first kappa shape index (κ1) is 23.1. The predicted octanol–water partition coefficient (Wildman–Crippen LogP) is 4.89. The first-order valence-electron chi connectivity index (χ1n) is 10.3. The molecule has 0 N–H and O–H groups in total. The van der Waals surface area contributed by atoms with Crippen LogP contribution < -0.4 is 19.1 Å². The molecule has 0 radical (unpaired) electrons. The number of halogens is 1. The van der Waals surface area contributed by atoms with Crippen LogP contribution in [-0.2, 0) is 4.79 Å². The number of nitriles is 1. The fourth-order valence-corrected chi connectivity index (χ4v) is 5.57. The van der Waals surface area contributed by atoms with Crippen LogP contribution in [-0.4, -0.2) is 44.7 Å². The lowest BCUT2D eigenvalue weighted by Gasteiger charge is -2.42. The van der Waals surface area contributed by atoms with Crippen molar-refractivity contribution >= 4 is 35.0 Å². The summed E-state index contributed by atoms with van der Waals surface area (Å²) in [6.45, 7) is 2.34. The molecule has 0 aliphatic carbocycles. The Morgan fingerprint density at radius 2 is 1.85 bits per heavy atom. The topological polar surface area (TPSA) is 75.0 Å². The number of allylic oxidation sites excluding steroid dienone is 1. The van der Waals surface area contributed by atoms with Gasteiger partial charge < -0.3 is 19.1 Å². The summed E-state index contributed by atoms with van der Waals surface area (Å²) in [5.41, 5.74) is 3.28. The van der Waals surface area contributed by atoms with Crippen LogP contribution in [0.2, 0.25) is 5.02 Å². The summed E-state index contributed by atoms with van der Waals surface area (Å²) in [4.78, 5) is 17.1. The predicted molar refractivity (Wildman–Crippen MR) is 129 cm³/mol. The van der Waals surface area contributed by atoms with Crippen molar-refractivity contribution in [2.75, 3.05) is 38.8 Å². The number of thioether (sulfide) groups is 1. The van der Waals surface area contributed by atoms with Crippen LogP contribution in [0, 0.1) is 18.3 Å². The number of hydrogen-bond acceptors (Lipinski definition) is 7. The normalized spacial score (nSPS) is 18.1. The van der Waals surface area contributed by atoms with Crippen LogP contribution in [0.1, 0.15) is 23.5 Å². The van der Waals surface area contributed by atoms with E-state index in [1.165, 1.54) is 18.9 Å². The number of nitrogens with zero attached hydrogens (tertiary/aromatic N) is 3. The number of amides is 1. The van der Waals surface area contributed by atoms with Crippen LogP contribution in [0.4, 0.5) is 5.69 Å². The van der Waals surface area contributed by atoms with Crippen molar-refractivity contribution in [1.82, 2.24) is 4.90 Å². The Morgan fingerprint density at radius 3 is 2.45 bits per heavy atom. The molecule has 172 valence electrons. The third-order valence-corrected chi connectivity index (χ3v) is 7.53. The van der Waals surface area contributed by atoms with Crippen molar-refractivity contribution in [3.8, 4) is 23.3 Å². The highest BCUT2D eigenvalue weighted by Crippen LogP contribution is 2.47. The van der Waals surface area contributed by atoms with Gasteiger partial charge in [0.15, 0.2) is 11.5 Å². The minimum absolute atomic E-state index is 0.0420. The molecule has 2 aromatic rings. The lowest BCUT2D eigenvalue weighted by molar-refractivity contribution is -0.129.